The third kappa shape index (κ3) is 3.38. The predicted molar refractivity (Wildman–Crippen MR) is 93.3 cm³/mol. The van der Waals surface area contributed by atoms with Gasteiger partial charge in [0.25, 0.3) is 5.91 Å². The molecule has 124 valence electrons. The molecule has 0 aliphatic carbocycles. The largest absolute Gasteiger partial charge is 0.494 e. The van der Waals surface area contributed by atoms with Crippen LogP contribution in [0.3, 0.4) is 0 Å². The van der Waals surface area contributed by atoms with Crippen LogP contribution >= 0.6 is 11.3 Å². The Morgan fingerprint density at radius 1 is 1.33 bits per heavy atom. The van der Waals surface area contributed by atoms with E-state index in [1.807, 2.05) is 31.2 Å². The van der Waals surface area contributed by atoms with Crippen LogP contribution in [0, 0.1) is 5.82 Å². The molecule has 0 saturated carbocycles. The first-order valence-corrected chi connectivity index (χ1v) is 8.37. The summed E-state index contributed by atoms with van der Waals surface area (Å²) < 4.78 is 19.7. The summed E-state index contributed by atoms with van der Waals surface area (Å²) in [6, 6.07) is 12.1. The zero-order valence-electron chi connectivity index (χ0n) is 13.4. The van der Waals surface area contributed by atoms with Gasteiger partial charge in [0.1, 0.15) is 0 Å². The number of para-hydroxylation sites is 1. The van der Waals surface area contributed by atoms with E-state index in [0.717, 1.165) is 15.2 Å². The first kappa shape index (κ1) is 16.4. The van der Waals surface area contributed by atoms with Gasteiger partial charge in [0, 0.05) is 18.0 Å². The fraction of sp³-hybridized carbons (Fsp3) is 0.222. The first-order chi connectivity index (χ1) is 11.6. The molecule has 0 aliphatic heterocycles. The van der Waals surface area contributed by atoms with Gasteiger partial charge in [-0.05, 0) is 30.3 Å². The molecule has 0 spiro atoms. The fourth-order valence-electron chi connectivity index (χ4n) is 2.34. The standard InChI is InChI=1S/C18H17FN2O2S/c1-11(18-21-14-5-3-4-6-16(14)24-18)10-20-17(22)12-7-8-15(23-2)13(19)9-12/h3-9,11H,10H2,1-2H3,(H,20,22). The maximum atomic E-state index is 13.7. The molecule has 0 aliphatic rings. The van der Waals surface area contributed by atoms with Crippen molar-refractivity contribution >= 4 is 27.5 Å². The van der Waals surface area contributed by atoms with E-state index in [1.165, 1.54) is 19.2 Å². The van der Waals surface area contributed by atoms with Crippen molar-refractivity contribution in [1.29, 1.82) is 0 Å². The number of rotatable bonds is 5. The second-order valence-electron chi connectivity index (χ2n) is 5.48. The maximum Gasteiger partial charge on any atom is 0.251 e. The van der Waals surface area contributed by atoms with Crippen LogP contribution in [0.1, 0.15) is 28.2 Å². The number of ether oxygens (including phenoxy) is 1. The number of halogens is 1. The Balaban J connectivity index is 1.66. The van der Waals surface area contributed by atoms with E-state index in [2.05, 4.69) is 10.3 Å². The zero-order chi connectivity index (χ0) is 17.1. The lowest BCUT2D eigenvalue weighted by atomic mass is 10.1. The Kier molecular flexibility index (Phi) is 4.76. The molecule has 1 atom stereocenters. The van der Waals surface area contributed by atoms with Gasteiger partial charge in [0.05, 0.1) is 22.3 Å². The third-order valence-corrected chi connectivity index (χ3v) is 4.98. The molecule has 6 heteroatoms. The Morgan fingerprint density at radius 3 is 2.83 bits per heavy atom. The molecule has 2 aromatic carbocycles. The van der Waals surface area contributed by atoms with Crippen LogP contribution in [-0.4, -0.2) is 24.5 Å². The van der Waals surface area contributed by atoms with Crippen molar-refractivity contribution in [2.75, 3.05) is 13.7 Å². The van der Waals surface area contributed by atoms with Gasteiger partial charge in [0.2, 0.25) is 0 Å². The average molecular weight is 344 g/mol. The molecular formula is C18H17FN2O2S. The Hall–Kier alpha value is -2.47. The van der Waals surface area contributed by atoms with Gasteiger partial charge in [-0.25, -0.2) is 9.37 Å². The summed E-state index contributed by atoms with van der Waals surface area (Å²) in [6.07, 6.45) is 0. The van der Waals surface area contributed by atoms with Gasteiger partial charge >= 0.3 is 0 Å². The van der Waals surface area contributed by atoms with E-state index in [-0.39, 0.29) is 23.1 Å². The average Bonchev–Trinajstić information content (AvgIpc) is 3.03. The Morgan fingerprint density at radius 2 is 2.12 bits per heavy atom. The number of hydrogen-bond acceptors (Lipinski definition) is 4. The molecule has 0 radical (unpaired) electrons. The highest BCUT2D eigenvalue weighted by Crippen LogP contribution is 2.27. The van der Waals surface area contributed by atoms with Crippen molar-refractivity contribution in [3.8, 4) is 5.75 Å². The van der Waals surface area contributed by atoms with Gasteiger partial charge in [-0.1, -0.05) is 19.1 Å². The van der Waals surface area contributed by atoms with Gasteiger partial charge in [0.15, 0.2) is 11.6 Å². The minimum Gasteiger partial charge on any atom is -0.494 e. The van der Waals surface area contributed by atoms with E-state index in [9.17, 15) is 9.18 Å². The van der Waals surface area contributed by atoms with Crippen molar-refractivity contribution in [2.45, 2.75) is 12.8 Å². The predicted octanol–water partition coefficient (Wildman–Crippen LogP) is 3.98. The second-order valence-corrected chi connectivity index (χ2v) is 6.54. The number of fused-ring (bicyclic) bond motifs is 1. The fourth-order valence-corrected chi connectivity index (χ4v) is 3.36. The van der Waals surface area contributed by atoms with E-state index in [4.69, 9.17) is 4.74 Å². The van der Waals surface area contributed by atoms with Crippen LogP contribution in [0.2, 0.25) is 0 Å². The van der Waals surface area contributed by atoms with Crippen LogP contribution in [0.25, 0.3) is 10.2 Å². The monoisotopic (exact) mass is 344 g/mol. The molecule has 4 nitrogen and oxygen atoms in total. The Labute approximate surface area is 143 Å². The molecule has 0 saturated heterocycles. The molecule has 24 heavy (non-hydrogen) atoms. The Bertz CT molecular complexity index is 845. The SMILES string of the molecule is COc1ccc(C(=O)NCC(C)c2nc3ccccc3s2)cc1F. The van der Waals surface area contributed by atoms with Crippen molar-refractivity contribution in [3.05, 3.63) is 58.9 Å². The van der Waals surface area contributed by atoms with Crippen molar-refractivity contribution in [1.82, 2.24) is 10.3 Å². The van der Waals surface area contributed by atoms with Crippen molar-refractivity contribution in [3.63, 3.8) is 0 Å². The minimum atomic E-state index is -0.552. The number of thiazole rings is 1. The number of carbonyl (C=O) groups is 1. The van der Waals surface area contributed by atoms with Crippen LogP contribution in [-0.2, 0) is 0 Å². The summed E-state index contributed by atoms with van der Waals surface area (Å²) in [5.41, 5.74) is 1.23. The number of carbonyl (C=O) groups excluding carboxylic acids is 1. The van der Waals surface area contributed by atoms with Crippen molar-refractivity contribution < 1.29 is 13.9 Å². The van der Waals surface area contributed by atoms with E-state index >= 15 is 0 Å². The quantitative estimate of drug-likeness (QED) is 0.762. The molecule has 0 bridgehead atoms. The molecule has 1 amide bonds. The van der Waals surface area contributed by atoms with Crippen molar-refractivity contribution in [2.24, 2.45) is 0 Å². The number of nitrogens with one attached hydrogen (secondary N) is 1. The summed E-state index contributed by atoms with van der Waals surface area (Å²) in [5, 5.41) is 3.80. The van der Waals surface area contributed by atoms with Gasteiger partial charge in [-0.2, -0.15) is 0 Å². The van der Waals surface area contributed by atoms with E-state index in [1.54, 1.807) is 17.4 Å². The van der Waals surface area contributed by atoms with Gasteiger partial charge in [-0.15, -0.1) is 11.3 Å². The number of aromatic nitrogens is 1. The number of hydrogen-bond donors (Lipinski definition) is 1. The minimum absolute atomic E-state index is 0.0782. The number of amides is 1. The summed E-state index contributed by atoms with van der Waals surface area (Å²) in [6.45, 7) is 2.44. The molecule has 0 fully saturated rings. The van der Waals surface area contributed by atoms with E-state index in [0.29, 0.717) is 6.54 Å². The zero-order valence-corrected chi connectivity index (χ0v) is 14.2. The number of benzene rings is 2. The molecule has 1 unspecified atom stereocenters. The smallest absolute Gasteiger partial charge is 0.251 e. The molecular weight excluding hydrogens is 327 g/mol. The summed E-state index contributed by atoms with van der Waals surface area (Å²) >= 11 is 1.62. The molecule has 1 N–H and O–H groups in total. The molecule has 3 aromatic rings. The third-order valence-electron chi connectivity index (χ3n) is 3.71. The lowest BCUT2D eigenvalue weighted by Crippen LogP contribution is -2.27. The van der Waals surface area contributed by atoms with Crippen LogP contribution < -0.4 is 10.1 Å². The highest BCUT2D eigenvalue weighted by atomic mass is 32.1. The van der Waals surface area contributed by atoms with E-state index < -0.39 is 5.82 Å². The van der Waals surface area contributed by atoms with Gasteiger partial charge < -0.3 is 10.1 Å². The second kappa shape index (κ2) is 6.97. The van der Waals surface area contributed by atoms with Gasteiger partial charge in [-0.3, -0.25) is 4.79 Å². The topological polar surface area (TPSA) is 51.2 Å². The molecule has 1 heterocycles. The molecule has 3 rings (SSSR count). The highest BCUT2D eigenvalue weighted by Gasteiger charge is 2.14. The molecule has 1 aromatic heterocycles. The summed E-state index contributed by atoms with van der Waals surface area (Å²) in [5.74, 6) is -0.669. The summed E-state index contributed by atoms with van der Waals surface area (Å²) in [7, 11) is 1.39. The normalized spacial score (nSPS) is 12.1. The maximum absolute atomic E-state index is 13.7. The lowest BCUT2D eigenvalue weighted by Gasteiger charge is -2.10. The van der Waals surface area contributed by atoms with Crippen LogP contribution in [0.5, 0.6) is 5.75 Å². The number of nitrogens with zero attached hydrogens (tertiary/aromatic N) is 1. The lowest BCUT2D eigenvalue weighted by molar-refractivity contribution is 0.0951. The summed E-state index contributed by atoms with van der Waals surface area (Å²) in [4.78, 5) is 16.8. The highest BCUT2D eigenvalue weighted by molar-refractivity contribution is 7.18. The van der Waals surface area contributed by atoms with Crippen LogP contribution in [0.15, 0.2) is 42.5 Å². The first-order valence-electron chi connectivity index (χ1n) is 7.55. The number of methoxy groups -OCH3 is 1. The van der Waals surface area contributed by atoms with Crippen LogP contribution in [0.4, 0.5) is 4.39 Å².